The van der Waals surface area contributed by atoms with Gasteiger partial charge < -0.3 is 5.11 Å². The van der Waals surface area contributed by atoms with Gasteiger partial charge in [0.2, 0.25) is 0 Å². The number of rotatable bonds is 5. The Kier molecular flexibility index (Phi) is 5.24. The van der Waals surface area contributed by atoms with Crippen LogP contribution in [-0.2, 0) is 4.79 Å². The number of carbonyl (C=O) groups is 1. The number of benzene rings is 2. The van der Waals surface area contributed by atoms with Gasteiger partial charge in [-0.15, -0.1) is 0 Å². The van der Waals surface area contributed by atoms with Crippen molar-refractivity contribution in [3.8, 4) is 5.75 Å². The van der Waals surface area contributed by atoms with Gasteiger partial charge in [-0.3, -0.25) is 30.4 Å². The number of carbonyl (C=O) groups excluding carboxylic acids is 1. The van der Waals surface area contributed by atoms with Crippen LogP contribution in [0.25, 0.3) is 6.08 Å². The van der Waals surface area contributed by atoms with Gasteiger partial charge in [0.1, 0.15) is 11.4 Å². The number of phenolic OH excluding ortho intramolecular Hbond substituents is 1. The molecule has 2 aromatic carbocycles. The Balaban J connectivity index is 1.90. The van der Waals surface area contributed by atoms with Crippen LogP contribution < -0.4 is 5.43 Å². The first-order valence-corrected chi connectivity index (χ1v) is 8.76. The molecule has 0 unspecified atom stereocenters. The largest absolute Gasteiger partial charge is 0.507 e. The molecule has 1 aliphatic rings. The quantitative estimate of drug-likeness (QED) is 0.323. The van der Waals surface area contributed by atoms with Crippen LogP contribution in [0.5, 0.6) is 5.75 Å². The van der Waals surface area contributed by atoms with E-state index in [1.165, 1.54) is 12.1 Å². The van der Waals surface area contributed by atoms with Gasteiger partial charge in [0.05, 0.1) is 20.8 Å². The van der Waals surface area contributed by atoms with Crippen molar-refractivity contribution in [2.24, 2.45) is 0 Å². The summed E-state index contributed by atoms with van der Waals surface area (Å²) in [6.07, 6.45) is 1.45. The number of hydrogen-bond acceptors (Lipinski definition) is 9. The van der Waals surface area contributed by atoms with E-state index < -0.39 is 27.1 Å². The Morgan fingerprint density at radius 3 is 2.50 bits per heavy atom. The van der Waals surface area contributed by atoms with E-state index in [-0.39, 0.29) is 20.7 Å². The lowest BCUT2D eigenvalue weighted by Gasteiger charge is -2.16. The molecular formula is C16H10N4O6S2. The predicted molar refractivity (Wildman–Crippen MR) is 106 cm³/mol. The minimum absolute atomic E-state index is 0.0215. The molecule has 0 aliphatic carbocycles. The Morgan fingerprint density at radius 1 is 1.14 bits per heavy atom. The lowest BCUT2D eigenvalue weighted by atomic mass is 10.2. The summed E-state index contributed by atoms with van der Waals surface area (Å²) in [4.78, 5) is 33.3. The first-order chi connectivity index (χ1) is 13.3. The van der Waals surface area contributed by atoms with Crippen molar-refractivity contribution in [2.45, 2.75) is 0 Å². The Hall–Kier alpha value is -3.51. The van der Waals surface area contributed by atoms with E-state index in [1.54, 1.807) is 18.2 Å². The number of hydrogen-bond donors (Lipinski definition) is 2. The molecule has 0 aromatic heterocycles. The van der Waals surface area contributed by atoms with Gasteiger partial charge in [0.15, 0.2) is 4.32 Å². The molecule has 12 heteroatoms. The number of nitro groups is 2. The highest BCUT2D eigenvalue weighted by atomic mass is 32.2. The average molecular weight is 418 g/mol. The van der Waals surface area contributed by atoms with Crippen molar-refractivity contribution in [1.82, 2.24) is 5.01 Å². The molecule has 28 heavy (non-hydrogen) atoms. The third kappa shape index (κ3) is 3.77. The van der Waals surface area contributed by atoms with Crippen LogP contribution in [-0.4, -0.2) is 30.2 Å². The fourth-order valence-electron chi connectivity index (χ4n) is 2.31. The smallest absolute Gasteiger partial charge is 0.300 e. The maximum atomic E-state index is 12.6. The summed E-state index contributed by atoms with van der Waals surface area (Å²) < 4.78 is 0.0827. The maximum Gasteiger partial charge on any atom is 0.300 e. The topological polar surface area (TPSA) is 139 Å². The summed E-state index contributed by atoms with van der Waals surface area (Å²) in [5.74, 6) is -0.599. The fourth-order valence-corrected chi connectivity index (χ4v) is 3.48. The van der Waals surface area contributed by atoms with Crippen molar-refractivity contribution in [2.75, 3.05) is 5.43 Å². The third-order valence-corrected chi connectivity index (χ3v) is 4.94. The minimum atomic E-state index is -0.801. The van der Waals surface area contributed by atoms with Gasteiger partial charge in [0, 0.05) is 11.6 Å². The normalized spacial score (nSPS) is 15.1. The molecule has 1 saturated heterocycles. The number of nitrogens with zero attached hydrogens (tertiary/aromatic N) is 3. The van der Waals surface area contributed by atoms with E-state index in [1.807, 2.05) is 0 Å². The average Bonchev–Trinajstić information content (AvgIpc) is 2.91. The highest BCUT2D eigenvalue weighted by Gasteiger charge is 2.34. The van der Waals surface area contributed by atoms with E-state index in [4.69, 9.17) is 12.2 Å². The SMILES string of the molecule is O=C1/C(=C\c2ccccc2O)SC(=S)N1Nc1ccc([N+](=O)[O-])cc1[N+](=O)[O-]. The lowest BCUT2D eigenvalue weighted by molar-refractivity contribution is -0.393. The van der Waals surface area contributed by atoms with Crippen LogP contribution in [0.3, 0.4) is 0 Å². The Morgan fingerprint density at radius 2 is 1.86 bits per heavy atom. The van der Waals surface area contributed by atoms with E-state index >= 15 is 0 Å². The number of para-hydroxylation sites is 1. The molecule has 1 fully saturated rings. The van der Waals surface area contributed by atoms with E-state index in [0.717, 1.165) is 35.0 Å². The first kappa shape index (κ1) is 19.3. The highest BCUT2D eigenvalue weighted by Crippen LogP contribution is 2.36. The molecule has 0 bridgehead atoms. The number of anilines is 1. The fraction of sp³-hybridized carbons (Fsp3) is 0. The van der Waals surface area contributed by atoms with Gasteiger partial charge in [-0.05, 0) is 30.4 Å². The number of thiocarbonyl (C=S) groups is 1. The van der Waals surface area contributed by atoms with Gasteiger partial charge in [-0.1, -0.05) is 30.0 Å². The summed E-state index contributed by atoms with van der Waals surface area (Å²) in [7, 11) is 0. The predicted octanol–water partition coefficient (Wildman–Crippen LogP) is 3.44. The summed E-state index contributed by atoms with van der Waals surface area (Å²) in [6, 6.07) is 9.38. The number of nitro benzene ring substituents is 2. The van der Waals surface area contributed by atoms with Crippen LogP contribution in [0.4, 0.5) is 17.1 Å². The molecule has 0 saturated carbocycles. The number of nitrogens with one attached hydrogen (secondary N) is 1. The number of amides is 1. The van der Waals surface area contributed by atoms with Gasteiger partial charge in [-0.25, -0.2) is 5.01 Å². The Bertz CT molecular complexity index is 1060. The molecular weight excluding hydrogens is 408 g/mol. The van der Waals surface area contributed by atoms with Crippen LogP contribution in [0.1, 0.15) is 5.56 Å². The number of hydrazine groups is 1. The van der Waals surface area contributed by atoms with Crippen LogP contribution in [0.15, 0.2) is 47.4 Å². The maximum absolute atomic E-state index is 12.6. The molecule has 1 amide bonds. The van der Waals surface area contributed by atoms with Crippen LogP contribution in [0.2, 0.25) is 0 Å². The third-order valence-electron chi connectivity index (χ3n) is 3.64. The minimum Gasteiger partial charge on any atom is -0.507 e. The Labute approximate surface area is 166 Å². The second-order valence-corrected chi connectivity index (χ2v) is 7.08. The molecule has 2 aromatic rings. The molecule has 0 atom stereocenters. The van der Waals surface area contributed by atoms with E-state index in [9.17, 15) is 30.1 Å². The van der Waals surface area contributed by atoms with Crippen molar-refractivity contribution in [3.63, 3.8) is 0 Å². The zero-order valence-electron chi connectivity index (χ0n) is 13.8. The summed E-state index contributed by atoms with van der Waals surface area (Å²) >= 11 is 6.09. The van der Waals surface area contributed by atoms with E-state index in [2.05, 4.69) is 5.43 Å². The second kappa shape index (κ2) is 7.62. The molecule has 0 spiro atoms. The second-order valence-electron chi connectivity index (χ2n) is 5.40. The highest BCUT2D eigenvalue weighted by molar-refractivity contribution is 8.26. The molecule has 1 aliphatic heterocycles. The number of thioether (sulfide) groups is 1. The van der Waals surface area contributed by atoms with E-state index in [0.29, 0.717) is 5.56 Å². The standard InChI is InChI=1S/C16H10N4O6S2/c21-13-4-2-1-3-9(13)7-14-15(22)18(16(27)28-14)17-11-6-5-10(19(23)24)8-12(11)20(25)26/h1-8,17,21H/b14-7+. The molecule has 1 heterocycles. The van der Waals surface area contributed by atoms with Crippen molar-refractivity contribution in [3.05, 3.63) is 73.2 Å². The number of phenols is 1. The zero-order chi connectivity index (χ0) is 20.4. The van der Waals surface area contributed by atoms with Gasteiger partial charge in [0.25, 0.3) is 11.6 Å². The van der Waals surface area contributed by atoms with Crippen molar-refractivity contribution in [1.29, 1.82) is 0 Å². The van der Waals surface area contributed by atoms with Gasteiger partial charge in [-0.2, -0.15) is 0 Å². The lowest BCUT2D eigenvalue weighted by Crippen LogP contribution is -2.34. The summed E-state index contributed by atoms with van der Waals surface area (Å²) in [5, 5.41) is 32.8. The van der Waals surface area contributed by atoms with Crippen molar-refractivity contribution >= 4 is 57.3 Å². The van der Waals surface area contributed by atoms with Crippen LogP contribution >= 0.6 is 24.0 Å². The summed E-state index contributed by atoms with van der Waals surface area (Å²) in [6.45, 7) is 0. The molecule has 142 valence electrons. The number of non-ortho nitro benzene ring substituents is 1. The number of aromatic hydroxyl groups is 1. The zero-order valence-corrected chi connectivity index (χ0v) is 15.4. The monoisotopic (exact) mass is 418 g/mol. The molecule has 10 nitrogen and oxygen atoms in total. The van der Waals surface area contributed by atoms with Gasteiger partial charge >= 0.3 is 5.69 Å². The molecule has 0 radical (unpaired) electrons. The van der Waals surface area contributed by atoms with Crippen molar-refractivity contribution < 1.29 is 19.7 Å². The van der Waals surface area contributed by atoms with Crippen LogP contribution in [0, 0.1) is 20.2 Å². The molecule has 2 N–H and O–H groups in total. The molecule has 3 rings (SSSR count). The summed E-state index contributed by atoms with van der Waals surface area (Å²) in [5.41, 5.74) is 1.79. The first-order valence-electron chi connectivity index (χ1n) is 7.53.